The number of hydrogen-bond donors (Lipinski definition) is 16. The lowest BCUT2D eigenvalue weighted by molar-refractivity contribution is -0.136. The third-order valence-electron chi connectivity index (χ3n) is 10.9. The summed E-state index contributed by atoms with van der Waals surface area (Å²) in [4.78, 5) is 124. The predicted molar refractivity (Wildman–Crippen MR) is 249 cm³/mol. The van der Waals surface area contributed by atoms with Crippen molar-refractivity contribution in [1.29, 1.82) is 0 Å². The molecule has 1 aliphatic heterocycles. The molecule has 0 radical (unpaired) electrons. The van der Waals surface area contributed by atoms with Crippen molar-refractivity contribution in [2.24, 2.45) is 34.6 Å². The molecule has 2 rings (SSSR count). The van der Waals surface area contributed by atoms with Gasteiger partial charge >= 0.3 is 0 Å². The van der Waals surface area contributed by atoms with Crippen molar-refractivity contribution < 1.29 is 53.4 Å². The van der Waals surface area contributed by atoms with Crippen molar-refractivity contribution in [3.8, 4) is 0 Å². The average Bonchev–Trinajstić information content (AvgIpc) is 3.28. The molecule has 1 saturated heterocycles. The molecule has 1 fully saturated rings. The lowest BCUT2D eigenvalue weighted by Gasteiger charge is -2.28. The zero-order chi connectivity index (χ0) is 51.1. The second kappa shape index (κ2) is 29.8. The first-order valence-corrected chi connectivity index (χ1v) is 22.8. The Bertz CT molecular complexity index is 1840. The van der Waals surface area contributed by atoms with Gasteiger partial charge in [0.25, 0.3) is 0 Å². The van der Waals surface area contributed by atoms with Gasteiger partial charge in [-0.3, -0.25) is 43.2 Å². The maximum atomic E-state index is 14.2. The first-order valence-electron chi connectivity index (χ1n) is 22.8. The largest absolute Gasteiger partial charge is 0.391 e. The molecule has 0 bridgehead atoms. The maximum Gasteiger partial charge on any atom is 0.245 e. The molecule has 0 aliphatic carbocycles. The van der Waals surface area contributed by atoms with Crippen LogP contribution in [-0.2, 0) is 49.6 Å². The topological polar surface area (TPSA) is 432 Å². The number of nitrogens with two attached hydrogens (primary N) is 5. The summed E-state index contributed by atoms with van der Waals surface area (Å²) in [6.07, 6.45) is -3.78. The summed E-state index contributed by atoms with van der Waals surface area (Å²) in [6.45, 7) is 5.20. The van der Waals surface area contributed by atoms with Crippen LogP contribution >= 0.6 is 0 Å². The second-order valence-corrected chi connectivity index (χ2v) is 17.1. The first kappa shape index (κ1) is 58.3. The highest BCUT2D eigenvalue weighted by Gasteiger charge is 2.36. The van der Waals surface area contributed by atoms with Gasteiger partial charge in [0.15, 0.2) is 0 Å². The van der Waals surface area contributed by atoms with Crippen LogP contribution < -0.4 is 76.5 Å². The number of aliphatic hydroxyl groups is 2. The minimum absolute atomic E-state index is 0.0731. The molecule has 25 nitrogen and oxygen atoms in total. The highest BCUT2D eigenvalue weighted by molar-refractivity contribution is 5.98. The van der Waals surface area contributed by atoms with Gasteiger partial charge in [-0.15, -0.1) is 0 Å². The molecule has 21 N–H and O–H groups in total. The Morgan fingerprint density at radius 2 is 1.10 bits per heavy atom. The van der Waals surface area contributed by atoms with Gasteiger partial charge in [0.05, 0.1) is 12.2 Å². The third-order valence-corrected chi connectivity index (χ3v) is 10.9. The van der Waals surface area contributed by atoms with Crippen LogP contribution in [0.4, 0.5) is 0 Å². The van der Waals surface area contributed by atoms with Gasteiger partial charge < -0.3 is 86.7 Å². The second-order valence-electron chi connectivity index (χ2n) is 17.1. The van der Waals surface area contributed by atoms with Crippen LogP contribution in [-0.4, -0.2) is 163 Å². The minimum Gasteiger partial charge on any atom is -0.391 e. The van der Waals surface area contributed by atoms with Gasteiger partial charge in [0.2, 0.25) is 53.2 Å². The normalized spacial score (nSPS) is 24.9. The standard InChI is InChI=1S/C43H74N14O11/c1-22(2)20-31-40(65)52-26(10-15-44)35(60)51-29(13-18-47)39(64)57-34(24(4)59)43(68)49-19-14-30(53-36(61)28(12-17-46)54-42(67)33(48)23(3)58)38(63)50-27(11-16-45)37(62)56-32(41(66)55-31)21-25-8-6-5-7-9-25/h5-9,22-24,26-34,58-59H,10-21,44-48H2,1-4H3,(H,49,68)(H,50,63)(H,51,60)(H,52,65)(H,53,61)(H,54,67)(H,55,66)(H,56,62)(H,57,64)/t23-,24-,26+,27?,28+,29?,30+,31?,32?,33+,34+/m1/s1. The fraction of sp³-hybridized carbons (Fsp3) is 0.651. The van der Waals surface area contributed by atoms with Crippen molar-refractivity contribution in [1.82, 2.24) is 47.9 Å². The summed E-state index contributed by atoms with van der Waals surface area (Å²) < 4.78 is 0. The monoisotopic (exact) mass is 963 g/mol. The molecule has 9 amide bonds. The number of carbonyl (C=O) groups excluding carboxylic acids is 9. The maximum absolute atomic E-state index is 14.2. The van der Waals surface area contributed by atoms with Crippen LogP contribution in [0, 0.1) is 5.92 Å². The van der Waals surface area contributed by atoms with E-state index in [0.29, 0.717) is 5.56 Å². The number of hydrogen-bond acceptors (Lipinski definition) is 16. The molecule has 68 heavy (non-hydrogen) atoms. The minimum atomic E-state index is -1.63. The number of rotatable bonds is 18. The Balaban J connectivity index is 2.74. The molecule has 4 unspecified atom stereocenters. The molecule has 0 aromatic heterocycles. The summed E-state index contributed by atoms with van der Waals surface area (Å²) in [5.41, 5.74) is 29.6. The quantitative estimate of drug-likeness (QED) is 0.0650. The van der Waals surface area contributed by atoms with Crippen molar-refractivity contribution in [3.05, 3.63) is 35.9 Å². The summed E-state index contributed by atoms with van der Waals surface area (Å²) in [5, 5.41) is 43.4. The summed E-state index contributed by atoms with van der Waals surface area (Å²) in [7, 11) is 0. The SMILES string of the molecule is CC(C)CC1NC(=O)C(Cc2ccccc2)NC(=O)C(CCN)NC(=O)[C@@H](NC(=O)[C@H](CCN)NC(=O)[C@@H](N)[C@@H](C)O)CCNC(=O)[C@H]([C@@H](C)O)NC(=O)C(CCN)NC(=O)[C@H](CCN)NC1=O. The number of carbonyl (C=O) groups is 9. The zero-order valence-electron chi connectivity index (χ0n) is 39.3. The van der Waals surface area contributed by atoms with Crippen molar-refractivity contribution in [2.45, 2.75) is 139 Å². The van der Waals surface area contributed by atoms with Gasteiger partial charge in [-0.25, -0.2) is 0 Å². The predicted octanol–water partition coefficient (Wildman–Crippen LogP) is -6.84. The smallest absolute Gasteiger partial charge is 0.245 e. The Hall–Kier alpha value is -5.83. The van der Waals surface area contributed by atoms with E-state index in [1.807, 2.05) is 0 Å². The van der Waals surface area contributed by atoms with Gasteiger partial charge in [-0.2, -0.15) is 0 Å². The Morgan fingerprint density at radius 3 is 1.59 bits per heavy atom. The molecule has 1 aliphatic rings. The molecule has 25 heteroatoms. The van der Waals surface area contributed by atoms with Gasteiger partial charge in [0, 0.05) is 13.0 Å². The van der Waals surface area contributed by atoms with Crippen LogP contribution in [0.25, 0.3) is 0 Å². The Labute approximate surface area is 396 Å². The average molecular weight is 963 g/mol. The molecule has 1 aromatic rings. The van der Waals surface area contributed by atoms with Gasteiger partial charge in [-0.05, 0) is 90.0 Å². The number of aliphatic hydroxyl groups excluding tert-OH is 2. The molecule has 382 valence electrons. The van der Waals surface area contributed by atoms with E-state index in [2.05, 4.69) is 47.9 Å². The lowest BCUT2D eigenvalue weighted by atomic mass is 10.00. The Kier molecular flexibility index (Phi) is 25.6. The summed E-state index contributed by atoms with van der Waals surface area (Å²) in [6, 6.07) is -4.14. The molecular weight excluding hydrogens is 889 g/mol. The molecule has 0 spiro atoms. The number of nitrogens with one attached hydrogen (secondary N) is 9. The Morgan fingerprint density at radius 1 is 0.632 bits per heavy atom. The number of amides is 9. The van der Waals surface area contributed by atoms with E-state index in [0.717, 1.165) is 0 Å². The fourth-order valence-electron chi connectivity index (χ4n) is 7.00. The molecule has 0 saturated carbocycles. The molecule has 1 heterocycles. The van der Waals surface area contributed by atoms with E-state index in [4.69, 9.17) is 28.7 Å². The zero-order valence-corrected chi connectivity index (χ0v) is 39.3. The molecule has 11 atom stereocenters. The van der Waals surface area contributed by atoms with E-state index >= 15 is 0 Å². The van der Waals surface area contributed by atoms with Crippen molar-refractivity contribution in [3.63, 3.8) is 0 Å². The summed E-state index contributed by atoms with van der Waals surface area (Å²) in [5.74, 6) is -8.14. The lowest BCUT2D eigenvalue weighted by Crippen LogP contribution is -2.61. The molecular formula is C43H74N14O11. The highest BCUT2D eigenvalue weighted by Crippen LogP contribution is 2.11. The van der Waals surface area contributed by atoms with Crippen LogP contribution in [0.3, 0.4) is 0 Å². The van der Waals surface area contributed by atoms with Crippen LogP contribution in [0.5, 0.6) is 0 Å². The molecule has 1 aromatic carbocycles. The van der Waals surface area contributed by atoms with E-state index in [1.54, 1.807) is 44.2 Å². The van der Waals surface area contributed by atoms with E-state index in [-0.39, 0.29) is 77.0 Å². The van der Waals surface area contributed by atoms with Gasteiger partial charge in [0.1, 0.15) is 54.4 Å². The first-order chi connectivity index (χ1) is 32.2. The van der Waals surface area contributed by atoms with Crippen molar-refractivity contribution >= 4 is 53.2 Å². The van der Waals surface area contributed by atoms with Crippen LogP contribution in [0.1, 0.15) is 71.8 Å². The number of benzene rings is 1. The third kappa shape index (κ3) is 19.4. The van der Waals surface area contributed by atoms with E-state index in [1.165, 1.54) is 13.8 Å². The van der Waals surface area contributed by atoms with Crippen LogP contribution in [0.2, 0.25) is 0 Å². The van der Waals surface area contributed by atoms with Crippen LogP contribution in [0.15, 0.2) is 30.3 Å². The van der Waals surface area contributed by atoms with E-state index in [9.17, 15) is 53.4 Å². The summed E-state index contributed by atoms with van der Waals surface area (Å²) >= 11 is 0. The van der Waals surface area contributed by atoms with Crippen molar-refractivity contribution in [2.75, 3.05) is 32.7 Å². The highest BCUT2D eigenvalue weighted by atomic mass is 16.3. The fourth-order valence-corrected chi connectivity index (χ4v) is 7.00. The van der Waals surface area contributed by atoms with E-state index < -0.39 is 126 Å². The van der Waals surface area contributed by atoms with Gasteiger partial charge in [-0.1, -0.05) is 44.2 Å².